The first kappa shape index (κ1) is 13.1. The van der Waals surface area contributed by atoms with Crippen LogP contribution in [-0.4, -0.2) is 9.55 Å². The van der Waals surface area contributed by atoms with Gasteiger partial charge in [-0.1, -0.05) is 20.3 Å². The Morgan fingerprint density at radius 2 is 2.21 bits per heavy atom. The van der Waals surface area contributed by atoms with E-state index in [2.05, 4.69) is 18.8 Å². The molecule has 5 heteroatoms. The molecule has 2 aromatic rings. The third kappa shape index (κ3) is 2.02. The smallest absolute Gasteiger partial charge is 0.201 e. The number of hydrogen-bond donors (Lipinski definition) is 1. The molecule has 0 saturated heterocycles. The highest BCUT2D eigenvalue weighted by molar-refractivity contribution is 14.1. The van der Waals surface area contributed by atoms with Gasteiger partial charge in [0, 0.05) is 12.1 Å². The molecule has 3 nitrogen and oxygen atoms in total. The van der Waals surface area contributed by atoms with Gasteiger partial charge in [0.2, 0.25) is 5.95 Å². The average molecular weight is 373 g/mol. The predicted molar refractivity (Wildman–Crippen MR) is 83.5 cm³/mol. The van der Waals surface area contributed by atoms with Crippen molar-refractivity contribution in [1.82, 2.24) is 9.55 Å². The molecule has 3 rings (SSSR count). The molecule has 0 bridgehead atoms. The number of benzene rings is 1. The van der Waals surface area contributed by atoms with Gasteiger partial charge in [-0.25, -0.2) is 9.37 Å². The lowest BCUT2D eigenvalue weighted by atomic mass is 9.87. The van der Waals surface area contributed by atoms with Gasteiger partial charge in [0.15, 0.2) is 0 Å². The first-order chi connectivity index (χ1) is 8.90. The molecule has 1 saturated carbocycles. The van der Waals surface area contributed by atoms with Crippen molar-refractivity contribution < 1.29 is 4.39 Å². The van der Waals surface area contributed by atoms with E-state index in [-0.39, 0.29) is 11.2 Å². The van der Waals surface area contributed by atoms with E-state index >= 15 is 0 Å². The van der Waals surface area contributed by atoms with Crippen LogP contribution < -0.4 is 5.73 Å². The highest BCUT2D eigenvalue weighted by Gasteiger charge is 2.37. The van der Waals surface area contributed by atoms with E-state index in [4.69, 9.17) is 5.73 Å². The summed E-state index contributed by atoms with van der Waals surface area (Å²) in [6.45, 7) is 4.50. The molecule has 0 amide bonds. The summed E-state index contributed by atoms with van der Waals surface area (Å²) in [6.07, 6.45) is 3.43. The lowest BCUT2D eigenvalue weighted by Crippen LogP contribution is -2.22. The molecule has 1 unspecified atom stereocenters. The van der Waals surface area contributed by atoms with Crippen molar-refractivity contribution in [2.24, 2.45) is 5.41 Å². The minimum atomic E-state index is -0.204. The van der Waals surface area contributed by atoms with Gasteiger partial charge < -0.3 is 10.3 Å². The first-order valence-corrected chi connectivity index (χ1v) is 7.60. The summed E-state index contributed by atoms with van der Waals surface area (Å²) in [5.41, 5.74) is 7.86. The Balaban J connectivity index is 2.23. The van der Waals surface area contributed by atoms with E-state index in [0.29, 0.717) is 15.6 Å². The van der Waals surface area contributed by atoms with Gasteiger partial charge in [-0.05, 0) is 46.9 Å². The van der Waals surface area contributed by atoms with Crippen molar-refractivity contribution in [3.8, 4) is 0 Å². The maximum atomic E-state index is 13.8. The summed E-state index contributed by atoms with van der Waals surface area (Å²) in [5.74, 6) is 0.293. The van der Waals surface area contributed by atoms with Gasteiger partial charge in [0.25, 0.3) is 0 Å². The SMILES string of the molecule is CC1(C)CCCC1n1c(N)nc2cc(I)c(F)cc21. The van der Waals surface area contributed by atoms with Crippen LogP contribution in [0.3, 0.4) is 0 Å². The number of nitrogens with two attached hydrogens (primary N) is 1. The van der Waals surface area contributed by atoms with E-state index in [1.54, 1.807) is 12.1 Å². The Bertz CT molecular complexity index is 648. The van der Waals surface area contributed by atoms with Crippen LogP contribution >= 0.6 is 22.6 Å². The third-order valence-corrected chi connectivity index (χ3v) is 5.10. The standard InChI is InChI=1S/C14H17FIN3/c1-14(2)5-3-4-12(14)19-11-6-8(15)9(16)7-10(11)18-13(19)17/h6-7,12H,3-5H2,1-2H3,(H2,17,18). The molecular formula is C14H17FIN3. The number of aromatic nitrogens is 2. The number of nitrogens with zero attached hydrogens (tertiary/aromatic N) is 2. The second-order valence-corrected chi connectivity index (χ2v) is 7.15. The predicted octanol–water partition coefficient (Wildman–Crippen LogP) is 4.11. The fourth-order valence-electron chi connectivity index (χ4n) is 3.22. The van der Waals surface area contributed by atoms with E-state index < -0.39 is 0 Å². The zero-order chi connectivity index (χ0) is 13.8. The van der Waals surface area contributed by atoms with Crippen molar-refractivity contribution in [2.45, 2.75) is 39.2 Å². The van der Waals surface area contributed by atoms with Crippen molar-refractivity contribution in [1.29, 1.82) is 0 Å². The van der Waals surface area contributed by atoms with Crippen LogP contribution in [0.5, 0.6) is 0 Å². The summed E-state index contributed by atoms with van der Waals surface area (Å²) in [5, 5.41) is 0. The molecule has 1 heterocycles. The van der Waals surface area contributed by atoms with Crippen molar-refractivity contribution in [3.05, 3.63) is 21.5 Å². The molecule has 1 aliphatic rings. The van der Waals surface area contributed by atoms with Gasteiger partial charge in [-0.3, -0.25) is 0 Å². The zero-order valence-electron chi connectivity index (χ0n) is 11.1. The fraction of sp³-hybridized carbons (Fsp3) is 0.500. The number of anilines is 1. The minimum absolute atomic E-state index is 0.182. The zero-order valence-corrected chi connectivity index (χ0v) is 13.2. The Kier molecular flexibility index (Phi) is 2.99. The topological polar surface area (TPSA) is 43.8 Å². The Morgan fingerprint density at radius 3 is 2.84 bits per heavy atom. The second-order valence-electron chi connectivity index (χ2n) is 5.99. The van der Waals surface area contributed by atoms with Gasteiger partial charge >= 0.3 is 0 Å². The van der Waals surface area contributed by atoms with Crippen LogP contribution in [-0.2, 0) is 0 Å². The van der Waals surface area contributed by atoms with Crippen molar-refractivity contribution >= 4 is 39.6 Å². The summed E-state index contributed by atoms with van der Waals surface area (Å²) in [7, 11) is 0. The maximum Gasteiger partial charge on any atom is 0.201 e. The largest absolute Gasteiger partial charge is 0.369 e. The van der Waals surface area contributed by atoms with Crippen LogP contribution in [0.15, 0.2) is 12.1 Å². The Morgan fingerprint density at radius 1 is 1.47 bits per heavy atom. The molecule has 1 atom stereocenters. The number of fused-ring (bicyclic) bond motifs is 1. The van der Waals surface area contributed by atoms with E-state index in [1.807, 2.05) is 27.2 Å². The molecule has 1 aliphatic carbocycles. The van der Waals surface area contributed by atoms with Gasteiger partial charge in [-0.2, -0.15) is 0 Å². The third-order valence-electron chi connectivity index (χ3n) is 4.27. The fourth-order valence-corrected chi connectivity index (χ4v) is 3.67. The lowest BCUT2D eigenvalue weighted by Gasteiger charge is -2.29. The van der Waals surface area contributed by atoms with E-state index in [0.717, 1.165) is 17.5 Å². The monoisotopic (exact) mass is 373 g/mol. The van der Waals surface area contributed by atoms with Crippen LogP contribution in [0.2, 0.25) is 0 Å². The molecule has 1 aromatic carbocycles. The van der Waals surface area contributed by atoms with Crippen LogP contribution in [0.25, 0.3) is 11.0 Å². The van der Waals surface area contributed by atoms with Crippen molar-refractivity contribution in [3.63, 3.8) is 0 Å². The Labute approximate surface area is 125 Å². The van der Waals surface area contributed by atoms with E-state index in [9.17, 15) is 4.39 Å². The molecule has 1 fully saturated rings. The second kappa shape index (κ2) is 4.33. The maximum absolute atomic E-state index is 13.8. The molecule has 0 aliphatic heterocycles. The van der Waals surface area contributed by atoms with Gasteiger partial charge in [0.05, 0.1) is 14.6 Å². The number of rotatable bonds is 1. The van der Waals surface area contributed by atoms with Crippen LogP contribution in [0, 0.1) is 14.8 Å². The summed E-state index contributed by atoms with van der Waals surface area (Å²) < 4.78 is 16.4. The van der Waals surface area contributed by atoms with Crippen molar-refractivity contribution in [2.75, 3.05) is 5.73 Å². The molecule has 0 radical (unpaired) electrons. The number of nitrogen functional groups attached to an aromatic ring is 1. The molecule has 2 N–H and O–H groups in total. The molecule has 1 aromatic heterocycles. The average Bonchev–Trinajstić information content (AvgIpc) is 2.79. The van der Waals surface area contributed by atoms with Crippen LogP contribution in [0.1, 0.15) is 39.2 Å². The van der Waals surface area contributed by atoms with Gasteiger partial charge in [-0.15, -0.1) is 0 Å². The number of hydrogen-bond acceptors (Lipinski definition) is 2. The van der Waals surface area contributed by atoms with Crippen LogP contribution in [0.4, 0.5) is 10.3 Å². The van der Waals surface area contributed by atoms with Gasteiger partial charge in [0.1, 0.15) is 5.82 Å². The molecule has 102 valence electrons. The summed E-state index contributed by atoms with van der Waals surface area (Å²) >= 11 is 1.98. The normalized spacial score (nSPS) is 22.2. The number of halogens is 2. The summed E-state index contributed by atoms with van der Waals surface area (Å²) in [6, 6.07) is 3.63. The number of imidazole rings is 1. The summed E-state index contributed by atoms with van der Waals surface area (Å²) in [4.78, 5) is 4.39. The molecule has 19 heavy (non-hydrogen) atoms. The van der Waals surface area contributed by atoms with E-state index in [1.165, 1.54) is 12.8 Å². The first-order valence-electron chi connectivity index (χ1n) is 6.52. The lowest BCUT2D eigenvalue weighted by molar-refractivity contribution is 0.268. The Hall–Kier alpha value is -0.850. The highest BCUT2D eigenvalue weighted by atomic mass is 127. The molecule has 0 spiro atoms. The molecular weight excluding hydrogens is 356 g/mol. The minimum Gasteiger partial charge on any atom is -0.369 e. The quantitative estimate of drug-likeness (QED) is 0.765. The highest BCUT2D eigenvalue weighted by Crippen LogP contribution is 2.47.